The molecule has 0 saturated carbocycles. The number of ether oxygens (including phenoxy) is 1. The van der Waals surface area contributed by atoms with E-state index in [1.165, 1.54) is 4.90 Å². The van der Waals surface area contributed by atoms with Crippen LogP contribution < -0.4 is 10.1 Å². The van der Waals surface area contributed by atoms with Gasteiger partial charge in [0.2, 0.25) is 0 Å². The number of nitrogens with one attached hydrogen (secondary N) is 1. The Morgan fingerprint density at radius 3 is 2.36 bits per heavy atom. The number of carbonyl (C=O) groups is 2. The van der Waals surface area contributed by atoms with Gasteiger partial charge in [0, 0.05) is 5.02 Å². The van der Waals surface area contributed by atoms with Crippen molar-refractivity contribution in [3.8, 4) is 5.75 Å². The van der Waals surface area contributed by atoms with Crippen LogP contribution in [-0.2, 0) is 17.9 Å². The molecule has 0 aromatic heterocycles. The number of nitrogens with zero attached hydrogens (tertiary/aromatic N) is 1. The van der Waals surface area contributed by atoms with Crippen LogP contribution in [0.25, 0.3) is 6.08 Å². The van der Waals surface area contributed by atoms with E-state index in [4.69, 9.17) is 16.3 Å². The second-order valence-corrected chi connectivity index (χ2v) is 10.4. The minimum Gasteiger partial charge on any atom is -0.487 e. The Bertz CT molecular complexity index is 1240. The Morgan fingerprint density at radius 1 is 1.00 bits per heavy atom. The van der Waals surface area contributed by atoms with E-state index in [9.17, 15) is 9.59 Å². The van der Waals surface area contributed by atoms with Crippen molar-refractivity contribution in [2.45, 2.75) is 20.1 Å². The number of imide groups is 1. The number of rotatable bonds is 6. The number of urea groups is 1. The monoisotopic (exact) mass is 684 g/mol. The van der Waals surface area contributed by atoms with Crippen LogP contribution in [0.5, 0.6) is 5.75 Å². The average molecular weight is 685 g/mol. The van der Waals surface area contributed by atoms with Gasteiger partial charge in [0.15, 0.2) is 0 Å². The van der Waals surface area contributed by atoms with E-state index in [0.717, 1.165) is 35.1 Å². The van der Waals surface area contributed by atoms with Gasteiger partial charge < -0.3 is 10.1 Å². The molecule has 0 aliphatic carbocycles. The highest BCUT2D eigenvalue weighted by atomic mass is 127. The van der Waals surface area contributed by atoms with Crippen LogP contribution in [0.15, 0.2) is 66.4 Å². The molecule has 168 valence electrons. The maximum absolute atomic E-state index is 12.9. The predicted octanol–water partition coefficient (Wildman–Crippen LogP) is 6.53. The van der Waals surface area contributed by atoms with Crippen LogP contribution >= 0.6 is 56.8 Å². The summed E-state index contributed by atoms with van der Waals surface area (Å²) in [5.41, 5.74) is 4.08. The van der Waals surface area contributed by atoms with Gasteiger partial charge in [0.1, 0.15) is 18.1 Å². The fourth-order valence-corrected chi connectivity index (χ4v) is 5.67. The molecular formula is C25H19ClI2N2O3. The number of aryl methyl sites for hydroxylation is 1. The molecule has 33 heavy (non-hydrogen) atoms. The molecule has 0 atom stereocenters. The zero-order valence-corrected chi connectivity index (χ0v) is 22.6. The molecule has 0 bridgehead atoms. The summed E-state index contributed by atoms with van der Waals surface area (Å²) >= 11 is 10.4. The Hall–Kier alpha value is -2.11. The van der Waals surface area contributed by atoms with Crippen LogP contribution in [0.2, 0.25) is 5.02 Å². The number of halogens is 3. The van der Waals surface area contributed by atoms with E-state index >= 15 is 0 Å². The Labute approximate surface area is 224 Å². The molecule has 0 unspecified atom stereocenters. The largest absolute Gasteiger partial charge is 0.487 e. The highest BCUT2D eigenvalue weighted by Crippen LogP contribution is 2.31. The van der Waals surface area contributed by atoms with E-state index in [-0.39, 0.29) is 18.1 Å². The van der Waals surface area contributed by atoms with Crippen LogP contribution in [0.1, 0.15) is 22.3 Å². The fraction of sp³-hybridized carbons (Fsp3) is 0.120. The van der Waals surface area contributed by atoms with Crippen molar-refractivity contribution >= 4 is 74.8 Å². The molecule has 0 spiro atoms. The molecule has 3 aromatic carbocycles. The first kappa shape index (κ1) is 24.0. The molecule has 8 heteroatoms. The number of benzene rings is 3. The van der Waals surface area contributed by atoms with Crippen molar-refractivity contribution < 1.29 is 14.3 Å². The minimum atomic E-state index is -0.417. The van der Waals surface area contributed by atoms with Gasteiger partial charge >= 0.3 is 6.03 Å². The molecule has 5 nitrogen and oxygen atoms in total. The molecule has 0 radical (unpaired) electrons. The summed E-state index contributed by atoms with van der Waals surface area (Å²) in [6, 6.07) is 18.7. The molecule has 1 aliphatic rings. The highest BCUT2D eigenvalue weighted by Gasteiger charge is 2.33. The average Bonchev–Trinajstić information content (AvgIpc) is 3.02. The lowest BCUT2D eigenvalue weighted by Crippen LogP contribution is -2.30. The summed E-state index contributed by atoms with van der Waals surface area (Å²) in [6.07, 6.45) is 1.70. The van der Waals surface area contributed by atoms with E-state index in [2.05, 4.69) is 50.5 Å². The minimum absolute atomic E-state index is 0.232. The zero-order valence-electron chi connectivity index (χ0n) is 17.6. The maximum atomic E-state index is 12.9. The summed E-state index contributed by atoms with van der Waals surface area (Å²) in [7, 11) is 0. The zero-order chi connectivity index (χ0) is 23.5. The first-order valence-electron chi connectivity index (χ1n) is 10.1. The van der Waals surface area contributed by atoms with Crippen molar-refractivity contribution in [3.05, 3.63) is 101 Å². The van der Waals surface area contributed by atoms with Gasteiger partial charge in [-0.2, -0.15) is 0 Å². The molecule has 3 amide bonds. The molecule has 3 aromatic rings. The molecule has 1 aliphatic heterocycles. The third-order valence-electron chi connectivity index (χ3n) is 5.01. The SMILES string of the molecule is Cc1cccc(CN2C(=O)N/C(=C/c3cc(I)c(OCc4ccc(Cl)cc4)c(I)c3)C2=O)c1. The Balaban J connectivity index is 1.49. The number of amides is 3. The van der Waals surface area contributed by atoms with Gasteiger partial charge in [-0.15, -0.1) is 0 Å². The van der Waals surface area contributed by atoms with Gasteiger partial charge in [-0.05, 0) is 99.1 Å². The quantitative estimate of drug-likeness (QED) is 0.183. The second kappa shape index (κ2) is 10.4. The van der Waals surface area contributed by atoms with Crippen LogP contribution in [0.4, 0.5) is 4.79 Å². The van der Waals surface area contributed by atoms with E-state index < -0.39 is 6.03 Å². The standard InChI is InChI=1S/C25H19ClI2N2O3/c1-15-3-2-4-17(9-15)13-30-24(31)22(29-25(30)32)12-18-10-20(27)23(21(28)11-18)33-14-16-5-7-19(26)8-6-16/h2-12H,13-14H2,1H3,(H,29,32)/b22-12+. The lowest BCUT2D eigenvalue weighted by Gasteiger charge is -2.12. The van der Waals surface area contributed by atoms with Crippen molar-refractivity contribution in [1.29, 1.82) is 0 Å². The topological polar surface area (TPSA) is 58.6 Å². The van der Waals surface area contributed by atoms with Crippen molar-refractivity contribution in [2.24, 2.45) is 0 Å². The number of hydrogen-bond donors (Lipinski definition) is 1. The van der Waals surface area contributed by atoms with Crippen LogP contribution in [0.3, 0.4) is 0 Å². The Kier molecular flexibility index (Phi) is 7.60. The lowest BCUT2D eigenvalue weighted by molar-refractivity contribution is -0.123. The predicted molar refractivity (Wildman–Crippen MR) is 146 cm³/mol. The number of hydrogen-bond acceptors (Lipinski definition) is 3. The van der Waals surface area contributed by atoms with E-state index in [1.54, 1.807) is 6.08 Å². The van der Waals surface area contributed by atoms with Crippen molar-refractivity contribution in [1.82, 2.24) is 10.2 Å². The smallest absolute Gasteiger partial charge is 0.329 e. The summed E-state index contributed by atoms with van der Waals surface area (Å²) in [6.45, 7) is 2.63. The molecule has 1 N–H and O–H groups in total. The molecule has 1 fully saturated rings. The third kappa shape index (κ3) is 5.88. The van der Waals surface area contributed by atoms with Gasteiger partial charge in [-0.3, -0.25) is 9.69 Å². The maximum Gasteiger partial charge on any atom is 0.329 e. The van der Waals surface area contributed by atoms with Crippen molar-refractivity contribution in [3.63, 3.8) is 0 Å². The molecule has 4 rings (SSSR count). The summed E-state index contributed by atoms with van der Waals surface area (Å²) in [5, 5.41) is 3.38. The van der Waals surface area contributed by atoms with E-state index in [1.807, 2.05) is 67.6 Å². The molecule has 1 heterocycles. The van der Waals surface area contributed by atoms with Crippen molar-refractivity contribution in [2.75, 3.05) is 0 Å². The van der Waals surface area contributed by atoms with Gasteiger partial charge in [0.05, 0.1) is 13.7 Å². The summed E-state index contributed by atoms with van der Waals surface area (Å²) in [5.74, 6) is 0.436. The third-order valence-corrected chi connectivity index (χ3v) is 6.87. The molecular weight excluding hydrogens is 666 g/mol. The lowest BCUT2D eigenvalue weighted by atomic mass is 10.1. The molecule has 1 saturated heterocycles. The Morgan fingerprint density at radius 2 is 1.70 bits per heavy atom. The summed E-state index contributed by atoms with van der Waals surface area (Å²) in [4.78, 5) is 26.5. The number of carbonyl (C=O) groups excluding carboxylic acids is 2. The van der Waals surface area contributed by atoms with Crippen LogP contribution in [-0.4, -0.2) is 16.8 Å². The first-order chi connectivity index (χ1) is 15.8. The van der Waals surface area contributed by atoms with E-state index in [0.29, 0.717) is 11.6 Å². The fourth-order valence-electron chi connectivity index (χ4n) is 3.41. The van der Waals surface area contributed by atoms with Gasteiger partial charge in [0.25, 0.3) is 5.91 Å². The van der Waals surface area contributed by atoms with Gasteiger partial charge in [-0.25, -0.2) is 4.79 Å². The highest BCUT2D eigenvalue weighted by molar-refractivity contribution is 14.1. The first-order valence-corrected chi connectivity index (χ1v) is 12.6. The van der Waals surface area contributed by atoms with Crippen LogP contribution in [0, 0.1) is 14.1 Å². The second-order valence-electron chi connectivity index (χ2n) is 7.60. The van der Waals surface area contributed by atoms with Gasteiger partial charge in [-0.1, -0.05) is 53.6 Å². The summed E-state index contributed by atoms with van der Waals surface area (Å²) < 4.78 is 7.85. The normalized spacial score (nSPS) is 14.7.